The topological polar surface area (TPSA) is 32.9 Å². The second-order valence-corrected chi connectivity index (χ2v) is 4.60. The summed E-state index contributed by atoms with van der Waals surface area (Å²) < 4.78 is 0. The molecule has 1 aromatic heterocycles. The van der Waals surface area contributed by atoms with Crippen LogP contribution in [-0.4, -0.2) is 15.6 Å². The first-order valence-corrected chi connectivity index (χ1v) is 5.36. The van der Waals surface area contributed by atoms with Crippen LogP contribution in [0.25, 0.3) is 10.9 Å². The molecule has 0 radical (unpaired) electrons. The Morgan fingerprint density at radius 2 is 2.14 bits per heavy atom. The molecule has 0 aliphatic heterocycles. The average molecular weight is 252 g/mol. The number of hydrogen-bond donors (Lipinski definition) is 1. The Morgan fingerprint density at radius 3 is 2.86 bits per heavy atom. The van der Waals surface area contributed by atoms with Crippen LogP contribution in [0.2, 0.25) is 0 Å². The van der Waals surface area contributed by atoms with E-state index >= 15 is 0 Å². The van der Waals surface area contributed by atoms with Crippen LogP contribution in [0.1, 0.15) is 17.3 Å². The number of nitrogens with one attached hydrogen (secondary N) is 1. The maximum atomic E-state index is 11.8. The maximum absolute atomic E-state index is 11.8. The van der Waals surface area contributed by atoms with Gasteiger partial charge < -0.3 is 4.98 Å². The van der Waals surface area contributed by atoms with Crippen LogP contribution >= 0.6 is 15.9 Å². The van der Waals surface area contributed by atoms with Crippen molar-refractivity contribution in [2.45, 2.75) is 11.8 Å². The third-order valence-electron chi connectivity index (χ3n) is 2.22. The van der Waals surface area contributed by atoms with Gasteiger partial charge in [0, 0.05) is 22.7 Å². The number of hydrogen-bond acceptors (Lipinski definition) is 1. The van der Waals surface area contributed by atoms with E-state index < -0.39 is 0 Å². The summed E-state index contributed by atoms with van der Waals surface area (Å²) in [7, 11) is 0. The van der Waals surface area contributed by atoms with Crippen LogP contribution in [0.4, 0.5) is 0 Å². The molecule has 1 N–H and O–H groups in total. The van der Waals surface area contributed by atoms with Crippen LogP contribution < -0.4 is 0 Å². The Bertz CT molecular complexity index is 473. The van der Waals surface area contributed by atoms with E-state index in [-0.39, 0.29) is 10.6 Å². The van der Waals surface area contributed by atoms with E-state index in [1.807, 2.05) is 31.2 Å². The Kier molecular flexibility index (Phi) is 2.42. The molecule has 1 unspecified atom stereocenters. The van der Waals surface area contributed by atoms with E-state index in [1.165, 1.54) is 0 Å². The minimum absolute atomic E-state index is 0.113. The van der Waals surface area contributed by atoms with Crippen LogP contribution in [-0.2, 0) is 0 Å². The zero-order valence-electron chi connectivity index (χ0n) is 7.75. The predicted octanol–water partition coefficient (Wildman–Crippen LogP) is 3.13. The first-order valence-electron chi connectivity index (χ1n) is 4.44. The molecule has 2 rings (SSSR count). The normalized spacial score (nSPS) is 13.0. The van der Waals surface area contributed by atoms with Gasteiger partial charge in [-0.2, -0.15) is 0 Å². The second-order valence-electron chi connectivity index (χ2n) is 3.23. The number of aromatic nitrogens is 1. The van der Waals surface area contributed by atoms with Crippen molar-refractivity contribution in [2.24, 2.45) is 0 Å². The second kappa shape index (κ2) is 3.58. The minimum Gasteiger partial charge on any atom is -0.360 e. The molecule has 0 amide bonds. The molecule has 14 heavy (non-hydrogen) atoms. The molecule has 3 heteroatoms. The zero-order valence-corrected chi connectivity index (χ0v) is 9.34. The number of carbonyl (C=O) groups is 1. The number of halogens is 1. The van der Waals surface area contributed by atoms with E-state index in [9.17, 15) is 4.79 Å². The Hall–Kier alpha value is -1.09. The Balaban J connectivity index is 2.58. The van der Waals surface area contributed by atoms with Crippen molar-refractivity contribution in [2.75, 3.05) is 0 Å². The maximum Gasteiger partial charge on any atom is 0.178 e. The molecule has 72 valence electrons. The Labute approximate surface area is 90.4 Å². The van der Waals surface area contributed by atoms with Crippen molar-refractivity contribution in [3.63, 3.8) is 0 Å². The summed E-state index contributed by atoms with van der Waals surface area (Å²) in [6.45, 7) is 1.84. The quantitative estimate of drug-likeness (QED) is 0.646. The summed E-state index contributed by atoms with van der Waals surface area (Å²) in [6, 6.07) is 7.80. The highest BCUT2D eigenvalue weighted by molar-refractivity contribution is 9.10. The number of benzene rings is 1. The van der Waals surface area contributed by atoms with E-state index in [0.29, 0.717) is 0 Å². The lowest BCUT2D eigenvalue weighted by molar-refractivity contribution is 0.0997. The number of carbonyl (C=O) groups excluding carboxylic acids is 1. The van der Waals surface area contributed by atoms with Gasteiger partial charge in [-0.15, -0.1) is 0 Å². The summed E-state index contributed by atoms with van der Waals surface area (Å²) in [5.74, 6) is 0.113. The van der Waals surface area contributed by atoms with Gasteiger partial charge in [-0.3, -0.25) is 4.79 Å². The largest absolute Gasteiger partial charge is 0.360 e. The molecule has 0 saturated heterocycles. The first kappa shape index (κ1) is 9.46. The number of ketones is 1. The van der Waals surface area contributed by atoms with E-state index in [2.05, 4.69) is 20.9 Å². The highest BCUT2D eigenvalue weighted by Gasteiger charge is 2.15. The van der Waals surface area contributed by atoms with Crippen LogP contribution in [0.3, 0.4) is 0 Å². The van der Waals surface area contributed by atoms with Crippen LogP contribution in [0, 0.1) is 0 Å². The molecule has 0 aliphatic carbocycles. The van der Waals surface area contributed by atoms with Crippen molar-refractivity contribution in [1.29, 1.82) is 0 Å². The molecular weight excluding hydrogens is 242 g/mol. The highest BCUT2D eigenvalue weighted by Crippen LogP contribution is 2.20. The number of Topliss-reactive ketones (excluding diaryl/α,β-unsaturated/α-hetero) is 1. The summed E-state index contributed by atoms with van der Waals surface area (Å²) in [4.78, 5) is 14.7. The van der Waals surface area contributed by atoms with Gasteiger partial charge in [0.05, 0.1) is 4.83 Å². The predicted molar refractivity (Wildman–Crippen MR) is 61.0 cm³/mol. The monoisotopic (exact) mass is 251 g/mol. The molecule has 0 saturated carbocycles. The third kappa shape index (κ3) is 1.48. The number of fused-ring (bicyclic) bond motifs is 1. The van der Waals surface area contributed by atoms with Crippen molar-refractivity contribution < 1.29 is 4.79 Å². The molecule has 2 nitrogen and oxygen atoms in total. The number of alkyl halides is 1. The number of para-hydroxylation sites is 1. The van der Waals surface area contributed by atoms with Gasteiger partial charge in [0.15, 0.2) is 5.78 Å². The van der Waals surface area contributed by atoms with E-state index in [0.717, 1.165) is 16.5 Å². The SMILES string of the molecule is CC(Br)C(=O)c1c[nH]c2ccccc12. The van der Waals surface area contributed by atoms with Gasteiger partial charge in [-0.1, -0.05) is 34.1 Å². The molecular formula is C11H10BrNO. The van der Waals surface area contributed by atoms with Crippen molar-refractivity contribution >= 4 is 32.6 Å². The molecule has 0 aliphatic rings. The van der Waals surface area contributed by atoms with Gasteiger partial charge in [-0.25, -0.2) is 0 Å². The molecule has 2 aromatic rings. The fourth-order valence-electron chi connectivity index (χ4n) is 1.49. The van der Waals surface area contributed by atoms with E-state index in [4.69, 9.17) is 0 Å². The fourth-order valence-corrected chi connectivity index (χ4v) is 1.74. The Morgan fingerprint density at radius 1 is 1.43 bits per heavy atom. The first-order chi connectivity index (χ1) is 6.70. The summed E-state index contributed by atoms with van der Waals surface area (Å²) >= 11 is 3.28. The number of aromatic amines is 1. The minimum atomic E-state index is -0.137. The molecule has 0 bridgehead atoms. The van der Waals surface area contributed by atoms with Crippen molar-refractivity contribution in [3.8, 4) is 0 Å². The smallest absolute Gasteiger partial charge is 0.178 e. The van der Waals surface area contributed by atoms with Gasteiger partial charge in [0.25, 0.3) is 0 Å². The summed E-state index contributed by atoms with van der Waals surface area (Å²) in [6.07, 6.45) is 1.77. The fraction of sp³-hybridized carbons (Fsp3) is 0.182. The third-order valence-corrected chi connectivity index (χ3v) is 2.63. The molecule has 1 atom stereocenters. The number of rotatable bonds is 2. The number of H-pyrrole nitrogens is 1. The van der Waals surface area contributed by atoms with Gasteiger partial charge in [-0.05, 0) is 13.0 Å². The lowest BCUT2D eigenvalue weighted by Gasteiger charge is -1.99. The van der Waals surface area contributed by atoms with Crippen LogP contribution in [0.15, 0.2) is 30.5 Å². The summed E-state index contributed by atoms with van der Waals surface area (Å²) in [5.41, 5.74) is 1.76. The van der Waals surface area contributed by atoms with Gasteiger partial charge >= 0.3 is 0 Å². The van der Waals surface area contributed by atoms with Gasteiger partial charge in [0.1, 0.15) is 0 Å². The molecule has 1 heterocycles. The highest BCUT2D eigenvalue weighted by atomic mass is 79.9. The van der Waals surface area contributed by atoms with Crippen LogP contribution in [0.5, 0.6) is 0 Å². The summed E-state index contributed by atoms with van der Waals surface area (Å²) in [5, 5.41) is 0.990. The van der Waals surface area contributed by atoms with Crippen molar-refractivity contribution in [3.05, 3.63) is 36.0 Å². The lowest BCUT2D eigenvalue weighted by Crippen LogP contribution is -2.08. The van der Waals surface area contributed by atoms with Crippen molar-refractivity contribution in [1.82, 2.24) is 4.98 Å². The molecule has 0 spiro atoms. The molecule has 1 aromatic carbocycles. The van der Waals surface area contributed by atoms with Gasteiger partial charge in [0.2, 0.25) is 0 Å². The lowest BCUT2D eigenvalue weighted by atomic mass is 10.1. The van der Waals surface area contributed by atoms with E-state index in [1.54, 1.807) is 6.20 Å². The standard InChI is InChI=1S/C11H10BrNO/c1-7(12)11(14)9-6-13-10-5-3-2-4-8(9)10/h2-7,13H,1H3. The molecule has 0 fully saturated rings. The average Bonchev–Trinajstić information content (AvgIpc) is 2.60. The zero-order chi connectivity index (χ0) is 10.1.